The molecule has 1 saturated carbocycles. The van der Waals surface area contributed by atoms with E-state index in [9.17, 15) is 4.79 Å². The molecule has 2 atom stereocenters. The lowest BCUT2D eigenvalue weighted by Crippen LogP contribution is -2.27. The van der Waals surface area contributed by atoms with Crippen molar-refractivity contribution in [3.05, 3.63) is 47.5 Å². The summed E-state index contributed by atoms with van der Waals surface area (Å²) >= 11 is 0. The van der Waals surface area contributed by atoms with Crippen molar-refractivity contribution in [3.63, 3.8) is 0 Å². The highest BCUT2D eigenvalue weighted by Gasteiger charge is 2.36. The molecule has 2 aliphatic rings. The Morgan fingerprint density at radius 3 is 2.89 bits per heavy atom. The van der Waals surface area contributed by atoms with Gasteiger partial charge in [-0.3, -0.25) is 4.79 Å². The number of carbonyl (C=O) groups is 1. The minimum Gasteiger partial charge on any atom is -0.461 e. The molecule has 0 spiro atoms. The van der Waals surface area contributed by atoms with Gasteiger partial charge in [0.15, 0.2) is 0 Å². The molecule has 1 aromatic rings. The van der Waals surface area contributed by atoms with Gasteiger partial charge in [0.1, 0.15) is 6.61 Å². The first-order chi connectivity index (χ1) is 9.34. The SMILES string of the molecule is O=C(OCc1ccccc1)[C@H]1CCC=C2CCC[C@@H]21. The van der Waals surface area contributed by atoms with E-state index in [1.807, 2.05) is 30.3 Å². The normalized spacial score (nSPS) is 25.6. The van der Waals surface area contributed by atoms with E-state index in [0.29, 0.717) is 12.5 Å². The summed E-state index contributed by atoms with van der Waals surface area (Å²) in [5, 5.41) is 0. The molecule has 0 saturated heterocycles. The van der Waals surface area contributed by atoms with Crippen molar-refractivity contribution in [2.24, 2.45) is 11.8 Å². The van der Waals surface area contributed by atoms with Crippen LogP contribution in [0.4, 0.5) is 0 Å². The second-order valence-electron chi connectivity index (χ2n) is 5.55. The van der Waals surface area contributed by atoms with E-state index in [-0.39, 0.29) is 11.9 Å². The molecule has 0 bridgehead atoms. The largest absolute Gasteiger partial charge is 0.461 e. The number of fused-ring (bicyclic) bond motifs is 1. The average molecular weight is 256 g/mol. The Labute approximate surface area is 114 Å². The summed E-state index contributed by atoms with van der Waals surface area (Å²) in [6.45, 7) is 0.405. The van der Waals surface area contributed by atoms with Crippen molar-refractivity contribution in [1.82, 2.24) is 0 Å². The Morgan fingerprint density at radius 1 is 1.21 bits per heavy atom. The molecule has 3 rings (SSSR count). The maximum absolute atomic E-state index is 12.3. The maximum atomic E-state index is 12.3. The van der Waals surface area contributed by atoms with Crippen LogP contribution >= 0.6 is 0 Å². The standard InChI is InChI=1S/C17H20O2/c18-17(19-12-13-6-2-1-3-7-13)16-11-5-9-14-8-4-10-15(14)16/h1-3,6-7,9,15-16H,4-5,8,10-12H2/t15-,16-/m0/s1. The summed E-state index contributed by atoms with van der Waals surface area (Å²) in [5.74, 6) is 0.574. The van der Waals surface area contributed by atoms with Crippen molar-refractivity contribution in [1.29, 1.82) is 0 Å². The molecule has 2 nitrogen and oxygen atoms in total. The van der Waals surface area contributed by atoms with E-state index < -0.39 is 0 Å². The van der Waals surface area contributed by atoms with Gasteiger partial charge in [0.05, 0.1) is 5.92 Å². The van der Waals surface area contributed by atoms with Gasteiger partial charge in [-0.2, -0.15) is 0 Å². The van der Waals surface area contributed by atoms with E-state index in [4.69, 9.17) is 4.74 Å². The summed E-state index contributed by atoms with van der Waals surface area (Å²) in [4.78, 5) is 12.3. The molecule has 0 aromatic heterocycles. The average Bonchev–Trinajstić information content (AvgIpc) is 2.94. The van der Waals surface area contributed by atoms with Crippen molar-refractivity contribution in [2.45, 2.75) is 38.7 Å². The molecule has 0 amide bonds. The van der Waals surface area contributed by atoms with Crippen LogP contribution in [0.1, 0.15) is 37.7 Å². The minimum absolute atomic E-state index is 0.00125. The van der Waals surface area contributed by atoms with Gasteiger partial charge in [-0.05, 0) is 43.6 Å². The zero-order valence-electron chi connectivity index (χ0n) is 11.2. The van der Waals surface area contributed by atoms with Gasteiger partial charge < -0.3 is 4.74 Å². The zero-order valence-corrected chi connectivity index (χ0v) is 11.2. The number of esters is 1. The Morgan fingerprint density at radius 2 is 2.05 bits per heavy atom. The molecule has 2 aliphatic carbocycles. The van der Waals surface area contributed by atoms with Crippen molar-refractivity contribution in [2.75, 3.05) is 0 Å². The minimum atomic E-state index is 0.00125. The van der Waals surface area contributed by atoms with E-state index in [2.05, 4.69) is 6.08 Å². The van der Waals surface area contributed by atoms with Gasteiger partial charge in [-0.1, -0.05) is 42.0 Å². The molecule has 19 heavy (non-hydrogen) atoms. The van der Waals surface area contributed by atoms with E-state index >= 15 is 0 Å². The summed E-state index contributed by atoms with van der Waals surface area (Å²) in [6, 6.07) is 9.91. The number of allylic oxidation sites excluding steroid dienone is 2. The highest BCUT2D eigenvalue weighted by Crippen LogP contribution is 2.42. The fraction of sp³-hybridized carbons (Fsp3) is 0.471. The molecule has 0 N–H and O–H groups in total. The van der Waals surface area contributed by atoms with Crippen molar-refractivity contribution < 1.29 is 9.53 Å². The third-order valence-corrected chi connectivity index (χ3v) is 4.35. The summed E-state index contributed by atoms with van der Waals surface area (Å²) in [5.41, 5.74) is 2.57. The Kier molecular flexibility index (Phi) is 3.67. The maximum Gasteiger partial charge on any atom is 0.309 e. The lowest BCUT2D eigenvalue weighted by atomic mass is 9.80. The van der Waals surface area contributed by atoms with Crippen molar-refractivity contribution >= 4 is 5.97 Å². The second kappa shape index (κ2) is 5.60. The Bertz CT molecular complexity index is 475. The summed E-state index contributed by atoms with van der Waals surface area (Å²) in [7, 11) is 0. The van der Waals surface area contributed by atoms with Gasteiger partial charge in [-0.15, -0.1) is 0 Å². The Balaban J connectivity index is 1.60. The van der Waals surface area contributed by atoms with Crippen LogP contribution in [0.2, 0.25) is 0 Å². The fourth-order valence-corrected chi connectivity index (χ4v) is 3.38. The third kappa shape index (κ3) is 2.73. The number of ether oxygens (including phenoxy) is 1. The highest BCUT2D eigenvalue weighted by atomic mass is 16.5. The van der Waals surface area contributed by atoms with Crippen LogP contribution in [0.3, 0.4) is 0 Å². The first-order valence-electron chi connectivity index (χ1n) is 7.24. The van der Waals surface area contributed by atoms with Gasteiger partial charge in [0.2, 0.25) is 0 Å². The lowest BCUT2D eigenvalue weighted by Gasteiger charge is -2.26. The number of hydrogen-bond acceptors (Lipinski definition) is 2. The zero-order chi connectivity index (χ0) is 13.1. The van der Waals surface area contributed by atoms with Crippen molar-refractivity contribution in [3.8, 4) is 0 Å². The lowest BCUT2D eigenvalue weighted by molar-refractivity contribution is -0.151. The van der Waals surface area contributed by atoms with E-state index in [1.54, 1.807) is 0 Å². The predicted molar refractivity (Wildman–Crippen MR) is 74.4 cm³/mol. The first kappa shape index (κ1) is 12.5. The molecule has 0 heterocycles. The topological polar surface area (TPSA) is 26.3 Å². The van der Waals surface area contributed by atoms with Gasteiger partial charge in [0.25, 0.3) is 0 Å². The molecule has 2 heteroatoms. The smallest absolute Gasteiger partial charge is 0.309 e. The second-order valence-corrected chi connectivity index (χ2v) is 5.55. The number of carbonyl (C=O) groups excluding carboxylic acids is 1. The number of hydrogen-bond donors (Lipinski definition) is 0. The monoisotopic (exact) mass is 256 g/mol. The van der Waals surface area contributed by atoms with Gasteiger partial charge in [0, 0.05) is 0 Å². The number of rotatable bonds is 3. The van der Waals surface area contributed by atoms with Crippen LogP contribution < -0.4 is 0 Å². The van der Waals surface area contributed by atoms with Crippen LogP contribution in [0.15, 0.2) is 42.0 Å². The molecule has 0 unspecified atom stereocenters. The van der Waals surface area contributed by atoms with Crippen LogP contribution in [-0.2, 0) is 16.1 Å². The van der Waals surface area contributed by atoms with Gasteiger partial charge in [-0.25, -0.2) is 0 Å². The molecule has 1 aromatic carbocycles. The van der Waals surface area contributed by atoms with E-state index in [0.717, 1.165) is 24.8 Å². The van der Waals surface area contributed by atoms with Gasteiger partial charge >= 0.3 is 5.97 Å². The van der Waals surface area contributed by atoms with E-state index in [1.165, 1.54) is 18.4 Å². The summed E-state index contributed by atoms with van der Waals surface area (Å²) in [6.07, 6.45) is 7.93. The molecule has 100 valence electrons. The van der Waals surface area contributed by atoms with Crippen LogP contribution in [-0.4, -0.2) is 5.97 Å². The van der Waals surface area contributed by atoms with Crippen LogP contribution in [0.5, 0.6) is 0 Å². The predicted octanol–water partition coefficient (Wildman–Crippen LogP) is 3.87. The molecular formula is C17H20O2. The third-order valence-electron chi connectivity index (χ3n) is 4.35. The highest BCUT2D eigenvalue weighted by molar-refractivity contribution is 5.73. The number of benzene rings is 1. The molecule has 0 radical (unpaired) electrons. The fourth-order valence-electron chi connectivity index (χ4n) is 3.38. The summed E-state index contributed by atoms with van der Waals surface area (Å²) < 4.78 is 5.51. The van der Waals surface area contributed by atoms with Crippen LogP contribution in [0, 0.1) is 11.8 Å². The van der Waals surface area contributed by atoms with Crippen LogP contribution in [0.25, 0.3) is 0 Å². The molecular weight excluding hydrogens is 236 g/mol. The molecule has 1 fully saturated rings. The Hall–Kier alpha value is -1.57. The molecule has 0 aliphatic heterocycles. The quantitative estimate of drug-likeness (QED) is 0.606. The first-order valence-corrected chi connectivity index (χ1v) is 7.24.